The summed E-state index contributed by atoms with van der Waals surface area (Å²) in [5.74, 6) is 0.200. The van der Waals surface area contributed by atoms with Crippen molar-refractivity contribution in [2.24, 2.45) is 17.4 Å². The number of rotatable bonds is 14. The van der Waals surface area contributed by atoms with E-state index in [1.807, 2.05) is 53.7 Å². The van der Waals surface area contributed by atoms with Crippen molar-refractivity contribution < 1.29 is 24.1 Å². The molecule has 1 aromatic heterocycles. The predicted octanol–water partition coefficient (Wildman–Crippen LogP) is 3.70. The third kappa shape index (κ3) is 9.15. The summed E-state index contributed by atoms with van der Waals surface area (Å²) in [5, 5.41) is 42.3. The first-order valence-corrected chi connectivity index (χ1v) is 14.8. The fourth-order valence-corrected chi connectivity index (χ4v) is 4.71. The normalized spacial score (nSPS) is 12.3. The topological polar surface area (TPSA) is 213 Å². The van der Waals surface area contributed by atoms with Crippen LogP contribution in [0.1, 0.15) is 51.3 Å². The second-order valence-electron chi connectivity index (χ2n) is 11.8. The molecule has 0 amide bonds. The molecule has 45 heavy (non-hydrogen) atoms. The van der Waals surface area contributed by atoms with Crippen molar-refractivity contribution in [1.82, 2.24) is 10.6 Å². The minimum Gasteiger partial charge on any atom is -0.507 e. The Bertz CT molecular complexity index is 1690. The van der Waals surface area contributed by atoms with Crippen molar-refractivity contribution in [2.75, 3.05) is 26.3 Å². The number of ether oxygens (including phenoxy) is 2. The second-order valence-corrected chi connectivity index (χ2v) is 11.8. The zero-order valence-corrected chi connectivity index (χ0v) is 26.9. The van der Waals surface area contributed by atoms with Crippen molar-refractivity contribution in [2.45, 2.75) is 60.5 Å². The van der Waals surface area contributed by atoms with Crippen LogP contribution >= 0.6 is 0 Å². The summed E-state index contributed by atoms with van der Waals surface area (Å²) in [6.07, 6.45) is 3.77. The Kier molecular flexibility index (Phi) is 11.9. The summed E-state index contributed by atoms with van der Waals surface area (Å²) in [6.45, 7) is 12.2. The molecule has 0 aliphatic heterocycles. The van der Waals surface area contributed by atoms with Gasteiger partial charge in [-0.2, -0.15) is 0 Å². The third-order valence-corrected chi connectivity index (χ3v) is 7.19. The lowest BCUT2D eigenvalue weighted by Gasteiger charge is -2.19. The van der Waals surface area contributed by atoms with Crippen molar-refractivity contribution in [3.63, 3.8) is 0 Å². The van der Waals surface area contributed by atoms with Crippen molar-refractivity contribution in [3.8, 4) is 17.2 Å². The van der Waals surface area contributed by atoms with E-state index < -0.39 is 6.10 Å². The average molecular weight is 623 g/mol. The van der Waals surface area contributed by atoms with E-state index >= 15 is 0 Å². The Hall–Kier alpha value is -4.71. The Balaban J connectivity index is 2.21. The van der Waals surface area contributed by atoms with Gasteiger partial charge in [0.25, 0.3) is 0 Å². The number of aliphatic hydroxyl groups excluding tert-OH is 1. The van der Waals surface area contributed by atoms with Crippen molar-refractivity contribution in [1.29, 1.82) is 10.8 Å². The van der Waals surface area contributed by atoms with Gasteiger partial charge in [-0.3, -0.25) is 15.6 Å². The number of nitrogens with one attached hydrogen (secondary N) is 4. The first-order chi connectivity index (χ1) is 21.2. The van der Waals surface area contributed by atoms with Gasteiger partial charge in [-0.1, -0.05) is 30.2 Å². The number of phenolic OH excluding ortho intramolecular Hbond substituents is 1. The van der Waals surface area contributed by atoms with E-state index in [0.717, 1.165) is 11.1 Å². The predicted molar refractivity (Wildman–Crippen MR) is 179 cm³/mol. The molecule has 244 valence electrons. The Labute approximate surface area is 263 Å². The summed E-state index contributed by atoms with van der Waals surface area (Å²) < 4.78 is 18.4. The zero-order chi connectivity index (χ0) is 33.4. The lowest BCUT2D eigenvalue weighted by molar-refractivity contribution is 0.110. The van der Waals surface area contributed by atoms with E-state index in [1.165, 1.54) is 0 Å². The molecule has 12 heteroatoms. The molecule has 2 atom stereocenters. The number of guanidine groups is 2. The number of hydrogen-bond acceptors (Lipinski definition) is 8. The monoisotopic (exact) mass is 622 g/mol. The molecule has 0 aliphatic rings. The molecule has 2 unspecified atom stereocenters. The fourth-order valence-electron chi connectivity index (χ4n) is 4.71. The van der Waals surface area contributed by atoms with Gasteiger partial charge >= 0.3 is 0 Å². The van der Waals surface area contributed by atoms with Crippen LogP contribution in [0, 0.1) is 23.7 Å². The van der Waals surface area contributed by atoms with E-state index in [4.69, 9.17) is 36.2 Å². The molecule has 3 aromatic rings. The minimum absolute atomic E-state index is 0.0204. The first kappa shape index (κ1) is 34.8. The smallest absolute Gasteiger partial charge is 0.204 e. The third-order valence-electron chi connectivity index (χ3n) is 7.19. The van der Waals surface area contributed by atoms with Gasteiger partial charge in [-0.05, 0) is 58.6 Å². The number of aliphatic hydroxyl groups is 1. The lowest BCUT2D eigenvalue weighted by atomic mass is 9.96. The summed E-state index contributed by atoms with van der Waals surface area (Å²) in [7, 11) is 0. The van der Waals surface area contributed by atoms with Gasteiger partial charge in [0.05, 0.1) is 12.0 Å². The highest BCUT2D eigenvalue weighted by Crippen LogP contribution is 2.39. The molecule has 0 bridgehead atoms. The molecule has 0 saturated carbocycles. The van der Waals surface area contributed by atoms with Crippen LogP contribution in [0.5, 0.6) is 17.2 Å². The Morgan fingerprint density at radius 3 is 2.04 bits per heavy atom. The zero-order valence-electron chi connectivity index (χ0n) is 26.9. The van der Waals surface area contributed by atoms with Gasteiger partial charge in [-0.15, -0.1) is 0 Å². The highest BCUT2D eigenvalue weighted by molar-refractivity contribution is 5.97. The molecule has 2 aromatic carbocycles. The van der Waals surface area contributed by atoms with Crippen LogP contribution < -0.4 is 37.0 Å². The summed E-state index contributed by atoms with van der Waals surface area (Å²) in [6, 6.07) is 3.25. The number of aromatic hydroxyl groups is 1. The molecule has 12 nitrogen and oxygen atoms in total. The van der Waals surface area contributed by atoms with E-state index in [9.17, 15) is 15.0 Å². The van der Waals surface area contributed by atoms with Crippen LogP contribution in [0.2, 0.25) is 0 Å². The lowest BCUT2D eigenvalue weighted by Crippen LogP contribution is -2.38. The highest BCUT2D eigenvalue weighted by atomic mass is 16.5. The number of hydrogen-bond donors (Lipinski definition) is 8. The molecule has 0 radical (unpaired) electrons. The minimum atomic E-state index is -0.947. The number of nitrogens with two attached hydrogens (primary N) is 2. The second kappa shape index (κ2) is 15.3. The van der Waals surface area contributed by atoms with Gasteiger partial charge in [0.2, 0.25) is 5.43 Å². The highest BCUT2D eigenvalue weighted by Gasteiger charge is 2.23. The SMILES string of the molecule is CC(C)=CCc1c(OCC(C)CNC(=N)N)cc2oc3cc(OCC(O)CNC(=N)N)c(C)c(CC=C(C)C)c3c(=O)c2c1O. The van der Waals surface area contributed by atoms with Crippen LogP contribution in [0.15, 0.2) is 44.6 Å². The van der Waals surface area contributed by atoms with Crippen LogP contribution in [-0.4, -0.2) is 54.5 Å². The van der Waals surface area contributed by atoms with Crippen LogP contribution in [-0.2, 0) is 12.8 Å². The Morgan fingerprint density at radius 1 is 0.911 bits per heavy atom. The van der Waals surface area contributed by atoms with Gasteiger partial charge in [0.1, 0.15) is 46.5 Å². The van der Waals surface area contributed by atoms with Gasteiger partial charge in [0, 0.05) is 36.7 Å². The van der Waals surface area contributed by atoms with E-state index in [2.05, 4.69) is 10.6 Å². The first-order valence-electron chi connectivity index (χ1n) is 14.8. The molecule has 0 saturated heterocycles. The van der Waals surface area contributed by atoms with E-state index in [0.29, 0.717) is 53.0 Å². The molecule has 3 rings (SSSR count). The molecule has 0 spiro atoms. The maximum absolute atomic E-state index is 14.2. The average Bonchev–Trinajstić information content (AvgIpc) is 2.95. The standard InChI is InChI=1S/C33H46N6O6/c1-17(2)7-9-22-20(6)24(44-16-21(40)14-39-33(36)37)11-26-28(22)31(42)29-27(45-26)12-25(23(30(29)41)10-8-18(3)4)43-15-19(5)13-38-32(34)35/h7-8,11-12,19,21,40-41H,9-10,13-16H2,1-6H3,(H4,34,35,38)(H4,36,37,39). The van der Waals surface area contributed by atoms with E-state index in [-0.39, 0.29) is 65.3 Å². The summed E-state index contributed by atoms with van der Waals surface area (Å²) >= 11 is 0. The van der Waals surface area contributed by atoms with Crippen LogP contribution in [0.4, 0.5) is 0 Å². The van der Waals surface area contributed by atoms with Crippen LogP contribution in [0.25, 0.3) is 21.9 Å². The van der Waals surface area contributed by atoms with Gasteiger partial charge < -0.3 is 46.2 Å². The number of fused-ring (bicyclic) bond motifs is 2. The molecule has 0 fully saturated rings. The van der Waals surface area contributed by atoms with E-state index in [1.54, 1.807) is 12.1 Å². The van der Waals surface area contributed by atoms with Gasteiger partial charge in [0.15, 0.2) is 11.9 Å². The fraction of sp³-hybridized carbons (Fsp3) is 0.424. The van der Waals surface area contributed by atoms with Gasteiger partial charge in [-0.25, -0.2) is 0 Å². The molecular weight excluding hydrogens is 576 g/mol. The number of phenols is 1. The maximum Gasteiger partial charge on any atom is 0.204 e. The van der Waals surface area contributed by atoms with Crippen LogP contribution in [0.3, 0.4) is 0 Å². The largest absolute Gasteiger partial charge is 0.507 e. The van der Waals surface area contributed by atoms with Crippen molar-refractivity contribution in [3.05, 3.63) is 62.3 Å². The number of allylic oxidation sites excluding steroid dienone is 4. The molecular formula is C33H46N6O6. The molecule has 1 heterocycles. The number of benzene rings is 2. The quantitative estimate of drug-likeness (QED) is 0.0565. The maximum atomic E-state index is 14.2. The Morgan fingerprint density at radius 2 is 1.44 bits per heavy atom. The molecule has 0 aliphatic carbocycles. The molecule has 10 N–H and O–H groups in total. The summed E-state index contributed by atoms with van der Waals surface area (Å²) in [4.78, 5) is 14.2. The van der Waals surface area contributed by atoms with Crippen molar-refractivity contribution >= 4 is 33.9 Å². The summed E-state index contributed by atoms with van der Waals surface area (Å²) in [5.41, 5.74) is 14.8.